The zero-order valence-corrected chi connectivity index (χ0v) is 17.1. The molecule has 6 nitrogen and oxygen atoms in total. The fourth-order valence-corrected chi connectivity index (χ4v) is 3.54. The Hall–Kier alpha value is -2.93. The van der Waals surface area contributed by atoms with Crippen LogP contribution in [-0.4, -0.2) is 28.4 Å². The summed E-state index contributed by atoms with van der Waals surface area (Å²) in [6, 6.07) is 12.4. The Morgan fingerprint density at radius 3 is 2.43 bits per heavy atom. The van der Waals surface area contributed by atoms with Crippen molar-refractivity contribution >= 4 is 23.2 Å². The molecule has 1 aromatic carbocycles. The Balaban J connectivity index is 1.89. The summed E-state index contributed by atoms with van der Waals surface area (Å²) in [6.07, 6.45) is 1.57. The molecule has 0 saturated heterocycles. The smallest absolute Gasteiger partial charge is 0.264 e. The van der Waals surface area contributed by atoms with Crippen LogP contribution in [0.1, 0.15) is 37.4 Å². The Morgan fingerprint density at radius 1 is 1.11 bits per heavy atom. The molecule has 1 unspecified atom stereocenters. The van der Waals surface area contributed by atoms with Gasteiger partial charge in [0.15, 0.2) is 10.8 Å². The highest BCUT2D eigenvalue weighted by Crippen LogP contribution is 2.34. The molecular formula is C21H23N3O3S. The maximum absolute atomic E-state index is 13.0. The average molecular weight is 398 g/mol. The first-order chi connectivity index (χ1) is 13.2. The molecule has 2 N–H and O–H groups in total. The molecule has 2 heterocycles. The third-order valence-electron chi connectivity index (χ3n) is 3.85. The second-order valence-electron chi connectivity index (χ2n) is 7.47. The number of amides is 2. The van der Waals surface area contributed by atoms with Crippen LogP contribution in [0.25, 0.3) is 22.0 Å². The monoisotopic (exact) mass is 397 g/mol. The molecule has 7 heteroatoms. The van der Waals surface area contributed by atoms with E-state index in [0.29, 0.717) is 21.3 Å². The number of hydrogen-bond acceptors (Lipinski definition) is 5. The van der Waals surface area contributed by atoms with E-state index in [9.17, 15) is 9.59 Å². The third kappa shape index (κ3) is 4.67. The van der Waals surface area contributed by atoms with Gasteiger partial charge < -0.3 is 15.1 Å². The van der Waals surface area contributed by atoms with Gasteiger partial charge in [0, 0.05) is 11.1 Å². The Labute approximate surface area is 168 Å². The van der Waals surface area contributed by atoms with Gasteiger partial charge >= 0.3 is 0 Å². The van der Waals surface area contributed by atoms with Crippen LogP contribution >= 0.6 is 11.3 Å². The Bertz CT molecular complexity index is 957. The summed E-state index contributed by atoms with van der Waals surface area (Å²) in [7, 11) is 0. The minimum atomic E-state index is -0.676. The normalized spacial score (nSPS) is 12.4. The molecule has 0 fully saturated rings. The Morgan fingerprint density at radius 2 is 1.82 bits per heavy atom. The lowest BCUT2D eigenvalue weighted by atomic mass is 10.1. The summed E-state index contributed by atoms with van der Waals surface area (Å²) in [4.78, 5) is 30.3. The van der Waals surface area contributed by atoms with E-state index in [1.54, 1.807) is 25.3 Å². The maximum Gasteiger partial charge on any atom is 0.264 e. The topological polar surface area (TPSA) is 84.2 Å². The van der Waals surface area contributed by atoms with E-state index in [-0.39, 0.29) is 17.4 Å². The molecule has 0 bridgehead atoms. The van der Waals surface area contributed by atoms with Gasteiger partial charge in [-0.1, -0.05) is 30.3 Å². The summed E-state index contributed by atoms with van der Waals surface area (Å²) in [5.41, 5.74) is 1.02. The molecule has 2 amide bonds. The van der Waals surface area contributed by atoms with E-state index < -0.39 is 6.04 Å². The molecule has 0 radical (unpaired) electrons. The van der Waals surface area contributed by atoms with E-state index >= 15 is 0 Å². The highest BCUT2D eigenvalue weighted by molar-refractivity contribution is 7.17. The minimum absolute atomic E-state index is 0.238. The highest BCUT2D eigenvalue weighted by Gasteiger charge is 2.25. The predicted octanol–water partition coefficient (Wildman–Crippen LogP) is 4.10. The van der Waals surface area contributed by atoms with Crippen molar-refractivity contribution in [1.29, 1.82) is 0 Å². The zero-order valence-electron chi connectivity index (χ0n) is 16.3. The van der Waals surface area contributed by atoms with Crippen LogP contribution in [0.15, 0.2) is 53.1 Å². The van der Waals surface area contributed by atoms with Crippen LogP contribution < -0.4 is 10.6 Å². The number of benzene rings is 1. The van der Waals surface area contributed by atoms with Gasteiger partial charge in [0.05, 0.1) is 12.0 Å². The van der Waals surface area contributed by atoms with E-state index in [4.69, 9.17) is 4.42 Å². The number of furan rings is 1. The molecule has 146 valence electrons. The van der Waals surface area contributed by atoms with Crippen LogP contribution in [0, 0.1) is 0 Å². The predicted molar refractivity (Wildman–Crippen MR) is 110 cm³/mol. The van der Waals surface area contributed by atoms with Crippen molar-refractivity contribution < 1.29 is 14.0 Å². The zero-order chi connectivity index (χ0) is 20.3. The molecular weight excluding hydrogens is 374 g/mol. The summed E-state index contributed by atoms with van der Waals surface area (Å²) in [5.74, 6) is 0.0170. The molecule has 3 aromatic rings. The highest BCUT2D eigenvalue weighted by atomic mass is 32.1. The van der Waals surface area contributed by atoms with Gasteiger partial charge in [-0.15, -0.1) is 11.3 Å². The van der Waals surface area contributed by atoms with Crippen LogP contribution in [0.2, 0.25) is 0 Å². The molecule has 0 aliphatic heterocycles. The minimum Gasteiger partial charge on any atom is -0.462 e. The number of aromatic nitrogens is 1. The maximum atomic E-state index is 13.0. The van der Waals surface area contributed by atoms with E-state index in [1.807, 2.05) is 51.1 Å². The van der Waals surface area contributed by atoms with Gasteiger partial charge in [-0.25, -0.2) is 4.98 Å². The van der Waals surface area contributed by atoms with Gasteiger partial charge in [-0.05, 0) is 39.8 Å². The molecule has 1 atom stereocenters. The first-order valence-electron chi connectivity index (χ1n) is 8.97. The molecule has 0 spiro atoms. The molecule has 0 aliphatic rings. The number of carbonyl (C=O) groups excluding carboxylic acids is 2. The standard InChI is InChI=1S/C21H23N3O3S/c1-13(18(25)24-21(2,3)4)22-19(26)17-16(14-9-6-5-7-10-14)23-20(28-17)15-11-8-12-27-15/h5-13H,1-4H3,(H,22,26)(H,24,25). The first-order valence-corrected chi connectivity index (χ1v) is 9.79. The largest absolute Gasteiger partial charge is 0.462 e. The van der Waals surface area contributed by atoms with Crippen molar-refractivity contribution in [3.05, 3.63) is 53.6 Å². The number of thiazole rings is 1. The fourth-order valence-electron chi connectivity index (χ4n) is 2.58. The average Bonchev–Trinajstić information content (AvgIpc) is 3.30. The molecule has 0 aliphatic carbocycles. The lowest BCUT2D eigenvalue weighted by molar-refractivity contribution is -0.124. The lowest BCUT2D eigenvalue weighted by Gasteiger charge is -2.23. The molecule has 3 rings (SSSR count). The van der Waals surface area contributed by atoms with Crippen molar-refractivity contribution in [2.75, 3.05) is 0 Å². The summed E-state index contributed by atoms with van der Waals surface area (Å²) in [5, 5.41) is 6.26. The quantitative estimate of drug-likeness (QED) is 0.679. The molecule has 28 heavy (non-hydrogen) atoms. The first kappa shape index (κ1) is 19.8. The van der Waals surface area contributed by atoms with E-state index in [2.05, 4.69) is 15.6 Å². The van der Waals surface area contributed by atoms with Crippen LogP contribution in [0.4, 0.5) is 0 Å². The summed E-state index contributed by atoms with van der Waals surface area (Å²) >= 11 is 1.24. The third-order valence-corrected chi connectivity index (χ3v) is 4.92. The molecule has 0 saturated carbocycles. The van der Waals surface area contributed by atoms with Gasteiger partial charge in [-0.3, -0.25) is 9.59 Å². The van der Waals surface area contributed by atoms with Crippen molar-refractivity contribution in [3.63, 3.8) is 0 Å². The van der Waals surface area contributed by atoms with Gasteiger partial charge in [0.1, 0.15) is 10.9 Å². The van der Waals surface area contributed by atoms with Gasteiger partial charge in [-0.2, -0.15) is 0 Å². The SMILES string of the molecule is CC(NC(=O)c1sc(-c2ccco2)nc1-c1ccccc1)C(=O)NC(C)(C)C. The number of nitrogens with one attached hydrogen (secondary N) is 2. The fraction of sp³-hybridized carbons (Fsp3) is 0.286. The van der Waals surface area contributed by atoms with E-state index in [1.165, 1.54) is 11.3 Å². The van der Waals surface area contributed by atoms with Crippen molar-refractivity contribution in [1.82, 2.24) is 15.6 Å². The summed E-state index contributed by atoms with van der Waals surface area (Å²) in [6.45, 7) is 7.35. The number of hydrogen-bond donors (Lipinski definition) is 2. The number of carbonyl (C=O) groups is 2. The summed E-state index contributed by atoms with van der Waals surface area (Å²) < 4.78 is 5.43. The van der Waals surface area contributed by atoms with Gasteiger partial charge in [0.25, 0.3) is 5.91 Å². The van der Waals surface area contributed by atoms with Crippen molar-refractivity contribution in [2.24, 2.45) is 0 Å². The van der Waals surface area contributed by atoms with E-state index in [0.717, 1.165) is 5.56 Å². The second-order valence-corrected chi connectivity index (χ2v) is 8.47. The van der Waals surface area contributed by atoms with Crippen LogP contribution in [0.3, 0.4) is 0 Å². The van der Waals surface area contributed by atoms with Crippen LogP contribution in [-0.2, 0) is 4.79 Å². The van der Waals surface area contributed by atoms with Crippen molar-refractivity contribution in [3.8, 4) is 22.0 Å². The van der Waals surface area contributed by atoms with Gasteiger partial charge in [0.2, 0.25) is 5.91 Å². The van der Waals surface area contributed by atoms with Crippen molar-refractivity contribution in [2.45, 2.75) is 39.3 Å². The Kier molecular flexibility index (Phi) is 5.65. The second kappa shape index (κ2) is 7.98. The number of nitrogens with zero attached hydrogens (tertiary/aromatic N) is 1. The van der Waals surface area contributed by atoms with Crippen LogP contribution in [0.5, 0.6) is 0 Å². The number of rotatable bonds is 5. The molecule has 2 aromatic heterocycles. The lowest BCUT2D eigenvalue weighted by Crippen LogP contribution is -2.50.